The number of hydrogen-bond donors (Lipinski definition) is 1. The molecule has 3 rings (SSSR count). The van der Waals surface area contributed by atoms with E-state index >= 15 is 0 Å². The van der Waals surface area contributed by atoms with Crippen LogP contribution < -0.4 is 5.32 Å². The lowest BCUT2D eigenvalue weighted by molar-refractivity contribution is -0.150. The Balaban J connectivity index is 1.39. The van der Waals surface area contributed by atoms with Crippen LogP contribution in [0.2, 0.25) is 0 Å². The summed E-state index contributed by atoms with van der Waals surface area (Å²) in [6.45, 7) is -0.585. The molecule has 2 heterocycles. The van der Waals surface area contributed by atoms with Crippen molar-refractivity contribution in [2.24, 2.45) is 11.8 Å². The Labute approximate surface area is 157 Å². The van der Waals surface area contributed by atoms with Gasteiger partial charge in [-0.05, 0) is 19.3 Å². The minimum atomic E-state index is -3.11. The lowest BCUT2D eigenvalue weighted by Crippen LogP contribution is -2.38. The van der Waals surface area contributed by atoms with Crippen molar-refractivity contribution in [3.8, 4) is 0 Å². The Morgan fingerprint density at radius 1 is 1.15 bits per heavy atom. The molecule has 2 saturated heterocycles. The number of amides is 3. The van der Waals surface area contributed by atoms with E-state index in [1.54, 1.807) is 0 Å². The zero-order chi connectivity index (χ0) is 19.6. The second-order valence-electron chi connectivity index (χ2n) is 7.06. The van der Waals surface area contributed by atoms with Crippen LogP contribution in [0.1, 0.15) is 25.7 Å². The van der Waals surface area contributed by atoms with Crippen molar-refractivity contribution in [2.75, 3.05) is 24.7 Å². The smallest absolute Gasteiger partial charge is 0.308 e. The van der Waals surface area contributed by atoms with E-state index in [9.17, 15) is 27.6 Å². The van der Waals surface area contributed by atoms with Gasteiger partial charge in [-0.1, -0.05) is 12.2 Å². The van der Waals surface area contributed by atoms with Crippen molar-refractivity contribution >= 4 is 33.5 Å². The van der Waals surface area contributed by atoms with Crippen LogP contribution in [-0.4, -0.2) is 67.7 Å². The van der Waals surface area contributed by atoms with Gasteiger partial charge in [-0.15, -0.1) is 0 Å². The van der Waals surface area contributed by atoms with E-state index in [4.69, 9.17) is 4.74 Å². The van der Waals surface area contributed by atoms with E-state index in [-0.39, 0.29) is 48.1 Å². The molecule has 0 aromatic carbocycles. The topological polar surface area (TPSA) is 127 Å². The van der Waals surface area contributed by atoms with Gasteiger partial charge in [0, 0.05) is 12.6 Å². The third kappa shape index (κ3) is 4.55. The zero-order valence-corrected chi connectivity index (χ0v) is 15.6. The third-order valence-corrected chi connectivity index (χ3v) is 6.87. The van der Waals surface area contributed by atoms with Gasteiger partial charge in [0.2, 0.25) is 11.8 Å². The Kier molecular flexibility index (Phi) is 5.64. The van der Waals surface area contributed by atoms with Gasteiger partial charge in [-0.25, -0.2) is 8.42 Å². The van der Waals surface area contributed by atoms with Crippen molar-refractivity contribution in [3.63, 3.8) is 0 Å². The summed E-state index contributed by atoms with van der Waals surface area (Å²) in [5.41, 5.74) is 0. The van der Waals surface area contributed by atoms with E-state index in [0.29, 0.717) is 19.3 Å². The molecule has 148 valence electrons. The largest absolute Gasteiger partial charge is 0.456 e. The molecule has 10 heteroatoms. The lowest BCUT2D eigenvalue weighted by Gasteiger charge is -2.14. The van der Waals surface area contributed by atoms with Gasteiger partial charge in [0.15, 0.2) is 16.4 Å². The highest BCUT2D eigenvalue weighted by Crippen LogP contribution is 2.34. The number of esters is 1. The predicted molar refractivity (Wildman–Crippen MR) is 92.9 cm³/mol. The average molecular weight is 398 g/mol. The second kappa shape index (κ2) is 7.79. The lowest BCUT2D eigenvalue weighted by atomic mass is 9.85. The normalized spacial score (nSPS) is 28.9. The molecule has 27 heavy (non-hydrogen) atoms. The molecule has 0 spiro atoms. The molecular formula is C17H22N2O7S. The Hall–Kier alpha value is -2.23. The van der Waals surface area contributed by atoms with Crippen LogP contribution in [0, 0.1) is 11.8 Å². The fourth-order valence-electron chi connectivity index (χ4n) is 3.69. The number of hydrogen-bond acceptors (Lipinski definition) is 7. The third-order valence-electron chi connectivity index (χ3n) is 5.10. The molecule has 1 aliphatic carbocycles. The molecule has 3 atom stereocenters. The van der Waals surface area contributed by atoms with E-state index in [2.05, 4.69) is 5.32 Å². The van der Waals surface area contributed by atoms with Crippen molar-refractivity contribution in [3.05, 3.63) is 12.2 Å². The summed E-state index contributed by atoms with van der Waals surface area (Å²) >= 11 is 0. The summed E-state index contributed by atoms with van der Waals surface area (Å²) in [5, 5.41) is 2.51. The van der Waals surface area contributed by atoms with Crippen LogP contribution in [0.25, 0.3) is 0 Å². The number of rotatable bonds is 6. The number of carbonyl (C=O) groups is 4. The van der Waals surface area contributed by atoms with Crippen LogP contribution in [-0.2, 0) is 33.8 Å². The number of fused-ring (bicyclic) bond motifs is 1. The molecule has 2 fully saturated rings. The van der Waals surface area contributed by atoms with E-state index in [1.807, 2.05) is 12.2 Å². The number of likely N-dealkylation sites (tertiary alicyclic amines) is 1. The Morgan fingerprint density at radius 3 is 2.33 bits per heavy atom. The fraction of sp³-hybridized carbons (Fsp3) is 0.647. The van der Waals surface area contributed by atoms with Crippen LogP contribution in [0.3, 0.4) is 0 Å². The summed E-state index contributed by atoms with van der Waals surface area (Å²) in [6.07, 6.45) is 5.00. The molecule has 0 radical (unpaired) electrons. The summed E-state index contributed by atoms with van der Waals surface area (Å²) in [4.78, 5) is 49.2. The quantitative estimate of drug-likeness (QED) is 0.352. The molecule has 1 N–H and O–H groups in total. The van der Waals surface area contributed by atoms with Gasteiger partial charge in [0.25, 0.3) is 5.91 Å². The molecule has 0 aromatic rings. The molecule has 0 aromatic heterocycles. The van der Waals surface area contributed by atoms with Crippen molar-refractivity contribution in [1.29, 1.82) is 0 Å². The first-order valence-corrected chi connectivity index (χ1v) is 10.7. The van der Waals surface area contributed by atoms with Crippen LogP contribution >= 0.6 is 0 Å². The minimum Gasteiger partial charge on any atom is -0.456 e. The maximum absolute atomic E-state index is 12.3. The van der Waals surface area contributed by atoms with E-state index in [1.165, 1.54) is 0 Å². The number of nitrogens with one attached hydrogen (secondary N) is 1. The number of nitrogens with zero attached hydrogens (tertiary/aromatic N) is 1. The van der Waals surface area contributed by atoms with Crippen LogP contribution in [0.4, 0.5) is 0 Å². The first-order valence-electron chi connectivity index (χ1n) is 8.92. The minimum absolute atomic E-state index is 0.0349. The zero-order valence-electron chi connectivity index (χ0n) is 14.8. The van der Waals surface area contributed by atoms with Crippen molar-refractivity contribution < 1.29 is 32.3 Å². The van der Waals surface area contributed by atoms with Gasteiger partial charge < -0.3 is 10.1 Å². The molecule has 0 saturated carbocycles. The van der Waals surface area contributed by atoms with Gasteiger partial charge >= 0.3 is 5.97 Å². The maximum atomic E-state index is 12.3. The van der Waals surface area contributed by atoms with E-state index < -0.39 is 34.4 Å². The molecule has 3 amide bonds. The second-order valence-corrected chi connectivity index (χ2v) is 9.29. The summed E-state index contributed by atoms with van der Waals surface area (Å²) in [7, 11) is -3.11. The maximum Gasteiger partial charge on any atom is 0.308 e. The van der Waals surface area contributed by atoms with Gasteiger partial charge in [0.05, 0.1) is 29.8 Å². The molecule has 0 bridgehead atoms. The summed E-state index contributed by atoms with van der Waals surface area (Å²) in [6, 6.07) is -0.460. The number of allylic oxidation sites excluding steroid dienone is 2. The summed E-state index contributed by atoms with van der Waals surface area (Å²) < 4.78 is 27.5. The average Bonchev–Trinajstić information content (AvgIpc) is 3.09. The molecule has 9 nitrogen and oxygen atoms in total. The number of sulfone groups is 1. The monoisotopic (exact) mass is 398 g/mol. The number of imide groups is 1. The predicted octanol–water partition coefficient (Wildman–Crippen LogP) is -0.826. The fourth-order valence-corrected chi connectivity index (χ4v) is 5.36. The Morgan fingerprint density at radius 2 is 1.78 bits per heavy atom. The SMILES string of the molecule is O=C(COC(=O)CCN1C(=O)[C@@H]2CC=CC[C@H]2C1=O)N[C@H]1CCS(=O)(=O)C1. The van der Waals surface area contributed by atoms with Crippen LogP contribution in [0.5, 0.6) is 0 Å². The highest BCUT2D eigenvalue weighted by molar-refractivity contribution is 7.91. The van der Waals surface area contributed by atoms with Gasteiger partial charge in [0.1, 0.15) is 0 Å². The van der Waals surface area contributed by atoms with Gasteiger partial charge in [-0.2, -0.15) is 0 Å². The highest BCUT2D eigenvalue weighted by Gasteiger charge is 2.46. The molecular weight excluding hydrogens is 376 g/mol. The number of ether oxygens (including phenoxy) is 1. The highest BCUT2D eigenvalue weighted by atomic mass is 32.2. The van der Waals surface area contributed by atoms with Crippen LogP contribution in [0.15, 0.2) is 12.2 Å². The van der Waals surface area contributed by atoms with Crippen molar-refractivity contribution in [1.82, 2.24) is 10.2 Å². The first-order chi connectivity index (χ1) is 12.8. The van der Waals surface area contributed by atoms with Gasteiger partial charge in [-0.3, -0.25) is 24.1 Å². The number of carbonyl (C=O) groups excluding carboxylic acids is 4. The summed E-state index contributed by atoms with van der Waals surface area (Å²) in [5.74, 6) is -2.55. The first kappa shape index (κ1) is 19.5. The van der Waals surface area contributed by atoms with Crippen molar-refractivity contribution in [2.45, 2.75) is 31.7 Å². The Bertz CT molecular complexity index is 763. The molecule has 2 aliphatic heterocycles. The standard InChI is InChI=1S/C17H22N2O7S/c20-14(18-11-6-8-27(24,25)10-11)9-26-15(21)5-7-19-16(22)12-3-1-2-4-13(12)17(19)23/h1-2,11-13H,3-10H2,(H,18,20)/t11-,12+,13+/m0/s1. The molecule has 0 unspecified atom stereocenters. The molecule has 3 aliphatic rings. The van der Waals surface area contributed by atoms with E-state index in [0.717, 1.165) is 4.90 Å².